The molecule has 0 aromatic carbocycles. The van der Waals surface area contributed by atoms with Gasteiger partial charge in [-0.1, -0.05) is 13.8 Å². The van der Waals surface area contributed by atoms with Crippen LogP contribution in [0.2, 0.25) is 0 Å². The SMILES string of the molecule is CC1(C)CCN(CC2(CNC3CC3)CCOCC2)CCS1. The Morgan fingerprint density at radius 1 is 1.14 bits per heavy atom. The summed E-state index contributed by atoms with van der Waals surface area (Å²) in [5, 5.41) is 3.80. The van der Waals surface area contributed by atoms with E-state index < -0.39 is 0 Å². The quantitative estimate of drug-likeness (QED) is 0.844. The largest absolute Gasteiger partial charge is 0.381 e. The molecule has 0 spiro atoms. The van der Waals surface area contributed by atoms with Crippen LogP contribution in [0.15, 0.2) is 0 Å². The minimum atomic E-state index is 0.458. The Bertz CT molecular complexity index is 338. The number of rotatable bonds is 5. The molecule has 0 aromatic rings. The van der Waals surface area contributed by atoms with Crippen molar-refractivity contribution in [1.82, 2.24) is 10.2 Å². The van der Waals surface area contributed by atoms with Crippen molar-refractivity contribution < 1.29 is 4.74 Å². The van der Waals surface area contributed by atoms with E-state index in [-0.39, 0.29) is 0 Å². The van der Waals surface area contributed by atoms with Crippen LogP contribution in [-0.2, 0) is 4.74 Å². The first-order chi connectivity index (χ1) is 10.1. The average molecular weight is 313 g/mol. The second-order valence-electron chi connectivity index (χ2n) is 7.90. The highest BCUT2D eigenvalue weighted by Gasteiger charge is 2.37. The van der Waals surface area contributed by atoms with Gasteiger partial charge in [0.2, 0.25) is 0 Å². The molecule has 3 nitrogen and oxygen atoms in total. The zero-order chi connectivity index (χ0) is 14.8. The molecule has 3 rings (SSSR count). The maximum absolute atomic E-state index is 5.64. The molecule has 0 unspecified atom stereocenters. The lowest BCUT2D eigenvalue weighted by Crippen LogP contribution is -2.48. The molecule has 1 aliphatic carbocycles. The van der Waals surface area contributed by atoms with E-state index in [1.54, 1.807) is 0 Å². The second-order valence-corrected chi connectivity index (χ2v) is 9.70. The smallest absolute Gasteiger partial charge is 0.0472 e. The van der Waals surface area contributed by atoms with Crippen molar-refractivity contribution in [2.75, 3.05) is 45.1 Å². The fourth-order valence-electron chi connectivity index (χ4n) is 3.54. The summed E-state index contributed by atoms with van der Waals surface area (Å²) in [5.74, 6) is 1.29. The van der Waals surface area contributed by atoms with Gasteiger partial charge in [0.25, 0.3) is 0 Å². The minimum absolute atomic E-state index is 0.458. The van der Waals surface area contributed by atoms with Crippen LogP contribution in [0.3, 0.4) is 0 Å². The molecule has 0 bridgehead atoms. The van der Waals surface area contributed by atoms with E-state index in [4.69, 9.17) is 4.74 Å². The molecule has 21 heavy (non-hydrogen) atoms. The van der Waals surface area contributed by atoms with E-state index >= 15 is 0 Å². The van der Waals surface area contributed by atoms with Crippen molar-refractivity contribution in [1.29, 1.82) is 0 Å². The average Bonchev–Trinajstić information content (AvgIpc) is 3.28. The van der Waals surface area contributed by atoms with Crippen molar-refractivity contribution in [3.05, 3.63) is 0 Å². The van der Waals surface area contributed by atoms with Crippen LogP contribution in [0.5, 0.6) is 0 Å². The van der Waals surface area contributed by atoms with Crippen LogP contribution in [-0.4, -0.2) is 60.8 Å². The lowest BCUT2D eigenvalue weighted by Gasteiger charge is -2.41. The van der Waals surface area contributed by atoms with Crippen LogP contribution < -0.4 is 5.32 Å². The van der Waals surface area contributed by atoms with Crippen LogP contribution in [0.1, 0.15) is 46.0 Å². The van der Waals surface area contributed by atoms with E-state index in [2.05, 4.69) is 35.8 Å². The molecule has 0 radical (unpaired) electrons. The van der Waals surface area contributed by atoms with Gasteiger partial charge in [0.05, 0.1) is 0 Å². The molecule has 1 saturated carbocycles. The Balaban J connectivity index is 1.57. The standard InChI is InChI=1S/C17H32N2OS/c1-16(2)5-8-19(9-12-21-16)14-17(6-10-20-11-7-17)13-18-15-3-4-15/h15,18H,3-14H2,1-2H3. The Labute approximate surface area is 134 Å². The Hall–Kier alpha value is 0.230. The highest BCUT2D eigenvalue weighted by molar-refractivity contribution is 8.00. The fourth-order valence-corrected chi connectivity index (χ4v) is 4.68. The molecule has 0 aromatic heterocycles. The number of hydrogen-bond acceptors (Lipinski definition) is 4. The van der Waals surface area contributed by atoms with Crippen molar-refractivity contribution in [3.8, 4) is 0 Å². The number of nitrogens with zero attached hydrogens (tertiary/aromatic N) is 1. The summed E-state index contributed by atoms with van der Waals surface area (Å²) in [6.07, 6.45) is 6.57. The highest BCUT2D eigenvalue weighted by atomic mass is 32.2. The molecule has 122 valence electrons. The van der Waals surface area contributed by atoms with Crippen molar-refractivity contribution in [2.45, 2.75) is 56.7 Å². The molecule has 0 atom stereocenters. The lowest BCUT2D eigenvalue weighted by molar-refractivity contribution is -0.00379. The van der Waals surface area contributed by atoms with E-state index in [1.165, 1.54) is 64.0 Å². The third-order valence-corrected chi connectivity index (χ3v) is 6.76. The molecule has 2 heterocycles. The Morgan fingerprint density at radius 3 is 2.62 bits per heavy atom. The summed E-state index contributed by atoms with van der Waals surface area (Å²) in [6.45, 7) is 11.7. The third-order valence-electron chi connectivity index (χ3n) is 5.39. The lowest BCUT2D eigenvalue weighted by atomic mass is 9.79. The predicted molar refractivity (Wildman–Crippen MR) is 91.1 cm³/mol. The molecule has 2 aliphatic heterocycles. The predicted octanol–water partition coefficient (Wildman–Crippen LogP) is 2.75. The first-order valence-electron chi connectivity index (χ1n) is 8.75. The molecule has 4 heteroatoms. The van der Waals surface area contributed by atoms with Crippen LogP contribution in [0, 0.1) is 5.41 Å². The summed E-state index contributed by atoms with van der Waals surface area (Å²) in [4.78, 5) is 2.74. The zero-order valence-electron chi connectivity index (χ0n) is 13.8. The van der Waals surface area contributed by atoms with Crippen LogP contribution >= 0.6 is 11.8 Å². The van der Waals surface area contributed by atoms with Gasteiger partial charge in [-0.2, -0.15) is 11.8 Å². The van der Waals surface area contributed by atoms with Gasteiger partial charge in [0.15, 0.2) is 0 Å². The first-order valence-corrected chi connectivity index (χ1v) is 9.73. The summed E-state index contributed by atoms with van der Waals surface area (Å²) in [5.41, 5.74) is 0.458. The summed E-state index contributed by atoms with van der Waals surface area (Å²) >= 11 is 2.15. The molecular formula is C17H32N2OS. The van der Waals surface area contributed by atoms with Gasteiger partial charge in [0.1, 0.15) is 0 Å². The molecule has 1 N–H and O–H groups in total. The van der Waals surface area contributed by atoms with Gasteiger partial charge in [-0.25, -0.2) is 0 Å². The number of ether oxygens (including phenoxy) is 1. The Kier molecular flexibility index (Phi) is 5.19. The second kappa shape index (κ2) is 6.77. The maximum atomic E-state index is 5.64. The molecular weight excluding hydrogens is 280 g/mol. The molecule has 3 fully saturated rings. The monoisotopic (exact) mass is 312 g/mol. The van der Waals surface area contributed by atoms with Crippen LogP contribution in [0.4, 0.5) is 0 Å². The molecule has 0 amide bonds. The van der Waals surface area contributed by atoms with Gasteiger partial charge in [-0.05, 0) is 44.1 Å². The Morgan fingerprint density at radius 2 is 1.90 bits per heavy atom. The van der Waals surface area contributed by atoms with E-state index in [1.807, 2.05) is 0 Å². The summed E-state index contributed by atoms with van der Waals surface area (Å²) < 4.78 is 6.11. The van der Waals surface area contributed by atoms with Crippen molar-refractivity contribution in [2.24, 2.45) is 5.41 Å². The minimum Gasteiger partial charge on any atom is -0.381 e. The topological polar surface area (TPSA) is 24.5 Å². The highest BCUT2D eigenvalue weighted by Crippen LogP contribution is 2.35. The number of thioether (sulfide) groups is 1. The van der Waals surface area contributed by atoms with E-state index in [9.17, 15) is 0 Å². The van der Waals surface area contributed by atoms with Gasteiger partial charge in [-0.3, -0.25) is 0 Å². The summed E-state index contributed by atoms with van der Waals surface area (Å²) in [7, 11) is 0. The number of hydrogen-bond donors (Lipinski definition) is 1. The first kappa shape index (κ1) is 16.1. The fraction of sp³-hybridized carbons (Fsp3) is 1.00. The number of nitrogens with one attached hydrogen (secondary N) is 1. The zero-order valence-corrected chi connectivity index (χ0v) is 14.6. The van der Waals surface area contributed by atoms with E-state index in [0.29, 0.717) is 10.2 Å². The van der Waals surface area contributed by atoms with Crippen LogP contribution in [0.25, 0.3) is 0 Å². The van der Waals surface area contributed by atoms with Gasteiger partial charge in [0, 0.05) is 49.4 Å². The third kappa shape index (κ3) is 4.85. The van der Waals surface area contributed by atoms with Crippen molar-refractivity contribution >= 4 is 11.8 Å². The molecule has 2 saturated heterocycles. The summed E-state index contributed by atoms with van der Waals surface area (Å²) in [6, 6.07) is 0.823. The van der Waals surface area contributed by atoms with Gasteiger partial charge in [-0.15, -0.1) is 0 Å². The van der Waals surface area contributed by atoms with E-state index in [0.717, 1.165) is 19.3 Å². The van der Waals surface area contributed by atoms with Gasteiger partial charge < -0.3 is 15.0 Å². The molecule has 3 aliphatic rings. The maximum Gasteiger partial charge on any atom is 0.0472 e. The van der Waals surface area contributed by atoms with Crippen molar-refractivity contribution in [3.63, 3.8) is 0 Å². The normalized spacial score (nSPS) is 30.0. The van der Waals surface area contributed by atoms with Gasteiger partial charge >= 0.3 is 0 Å².